The van der Waals surface area contributed by atoms with Crippen molar-refractivity contribution in [3.63, 3.8) is 0 Å². The summed E-state index contributed by atoms with van der Waals surface area (Å²) in [5.74, 6) is 0.639. The Hall–Kier alpha value is -2.42. The second-order valence-corrected chi connectivity index (χ2v) is 10.1. The molecule has 1 aliphatic rings. The molecule has 0 spiro atoms. The van der Waals surface area contributed by atoms with Crippen LogP contribution >= 0.6 is 11.3 Å². The number of benzene rings is 1. The zero-order valence-corrected chi connectivity index (χ0v) is 19.2. The van der Waals surface area contributed by atoms with Gasteiger partial charge < -0.3 is 19.8 Å². The Morgan fingerprint density at radius 1 is 1.19 bits per heavy atom. The summed E-state index contributed by atoms with van der Waals surface area (Å²) in [4.78, 5) is 23.4. The van der Waals surface area contributed by atoms with Crippen molar-refractivity contribution in [1.29, 1.82) is 0 Å². The average molecular weight is 443 g/mol. The number of carbonyl (C=O) groups is 1. The van der Waals surface area contributed by atoms with Gasteiger partial charge in [-0.25, -0.2) is 9.78 Å². The van der Waals surface area contributed by atoms with E-state index in [0.717, 1.165) is 53.5 Å². The fraction of sp³-hybridized carbons (Fsp3) is 0.478. The minimum Gasteiger partial charge on any atom is -0.444 e. The lowest BCUT2D eigenvalue weighted by atomic mass is 10.2. The number of thiophene rings is 1. The Kier molecular flexibility index (Phi) is 6.31. The van der Waals surface area contributed by atoms with Crippen LogP contribution in [0.4, 0.5) is 4.79 Å². The molecule has 8 heteroatoms. The van der Waals surface area contributed by atoms with E-state index in [-0.39, 0.29) is 6.09 Å². The van der Waals surface area contributed by atoms with Gasteiger partial charge in [-0.1, -0.05) is 6.07 Å². The van der Waals surface area contributed by atoms with Gasteiger partial charge in [0.25, 0.3) is 0 Å². The summed E-state index contributed by atoms with van der Waals surface area (Å²) in [5, 5.41) is 0. The third kappa shape index (κ3) is 5.44. The fourth-order valence-corrected chi connectivity index (χ4v) is 4.49. The molecule has 0 radical (unpaired) electrons. The molecule has 0 bridgehead atoms. The van der Waals surface area contributed by atoms with Crippen LogP contribution in [0.1, 0.15) is 37.6 Å². The summed E-state index contributed by atoms with van der Waals surface area (Å²) >= 11 is 1.61. The van der Waals surface area contributed by atoms with Gasteiger partial charge in [-0.2, -0.15) is 0 Å². The Morgan fingerprint density at radius 2 is 2.03 bits per heavy atom. The van der Waals surface area contributed by atoms with E-state index in [1.165, 1.54) is 5.56 Å². The topological polar surface area (TPSA) is 84.8 Å². The minimum atomic E-state index is -0.468. The SMILES string of the molecule is CC(C)(C)OC(=O)N1CCCN(Cc2ccc3oc(-c4ccc(CN)s4)nc3c2)CC1. The summed E-state index contributed by atoms with van der Waals surface area (Å²) < 4.78 is 11.5. The summed E-state index contributed by atoms with van der Waals surface area (Å²) in [6, 6.07) is 10.2. The maximum absolute atomic E-state index is 12.4. The Balaban J connectivity index is 1.41. The second-order valence-electron chi connectivity index (χ2n) is 8.89. The van der Waals surface area contributed by atoms with Crippen LogP contribution in [-0.2, 0) is 17.8 Å². The standard InChI is InChI=1S/C23H30N4O3S/c1-23(2,3)30-22(28)27-10-4-9-26(11-12-27)15-16-5-7-19-18(13-16)25-21(29-19)20-8-6-17(14-24)31-20/h5-8,13H,4,9-12,14-15,24H2,1-3H3. The van der Waals surface area contributed by atoms with E-state index >= 15 is 0 Å². The predicted octanol–water partition coefficient (Wildman–Crippen LogP) is 4.46. The molecule has 0 saturated carbocycles. The smallest absolute Gasteiger partial charge is 0.410 e. The highest BCUT2D eigenvalue weighted by molar-refractivity contribution is 7.15. The predicted molar refractivity (Wildman–Crippen MR) is 123 cm³/mol. The highest BCUT2D eigenvalue weighted by atomic mass is 32.1. The number of nitrogens with two attached hydrogens (primary N) is 1. The van der Waals surface area contributed by atoms with Crippen LogP contribution < -0.4 is 5.73 Å². The number of carbonyl (C=O) groups excluding carboxylic acids is 1. The Bertz CT molecular complexity index is 1050. The Morgan fingerprint density at radius 3 is 2.77 bits per heavy atom. The number of fused-ring (bicyclic) bond motifs is 1. The third-order valence-corrected chi connectivity index (χ3v) is 6.27. The normalized spacial score (nSPS) is 15.9. The highest BCUT2D eigenvalue weighted by Gasteiger charge is 2.24. The van der Waals surface area contributed by atoms with E-state index in [0.29, 0.717) is 19.0 Å². The van der Waals surface area contributed by atoms with Crippen LogP contribution in [0.25, 0.3) is 21.9 Å². The summed E-state index contributed by atoms with van der Waals surface area (Å²) in [7, 11) is 0. The molecule has 2 aromatic heterocycles. The molecule has 0 atom stereocenters. The lowest BCUT2D eigenvalue weighted by molar-refractivity contribution is 0.0257. The summed E-state index contributed by atoms with van der Waals surface area (Å²) in [6.45, 7) is 10.2. The first-order valence-corrected chi connectivity index (χ1v) is 11.5. The number of hydrogen-bond donors (Lipinski definition) is 1. The number of nitrogens with zero attached hydrogens (tertiary/aromatic N) is 3. The molecule has 4 rings (SSSR count). The van der Waals surface area contributed by atoms with Crippen LogP contribution in [0, 0.1) is 0 Å². The molecular weight excluding hydrogens is 412 g/mol. The molecule has 166 valence electrons. The van der Waals surface area contributed by atoms with Gasteiger partial charge >= 0.3 is 6.09 Å². The first-order valence-electron chi connectivity index (χ1n) is 10.7. The molecule has 1 aliphatic heterocycles. The van der Waals surface area contributed by atoms with Crippen molar-refractivity contribution >= 4 is 28.5 Å². The van der Waals surface area contributed by atoms with E-state index < -0.39 is 5.60 Å². The van der Waals surface area contributed by atoms with Crippen LogP contribution in [0.15, 0.2) is 34.7 Å². The van der Waals surface area contributed by atoms with Gasteiger partial charge in [0.2, 0.25) is 5.89 Å². The van der Waals surface area contributed by atoms with Crippen LogP contribution in [0.2, 0.25) is 0 Å². The zero-order chi connectivity index (χ0) is 22.0. The molecule has 3 heterocycles. The van der Waals surface area contributed by atoms with Gasteiger partial charge in [-0.05, 0) is 57.0 Å². The largest absolute Gasteiger partial charge is 0.444 e. The number of oxazole rings is 1. The molecule has 0 aliphatic carbocycles. The van der Waals surface area contributed by atoms with Crippen LogP contribution in [0.5, 0.6) is 0 Å². The van der Waals surface area contributed by atoms with E-state index in [1.54, 1.807) is 11.3 Å². The van der Waals surface area contributed by atoms with Crippen molar-refractivity contribution in [2.75, 3.05) is 26.2 Å². The van der Waals surface area contributed by atoms with Crippen molar-refractivity contribution in [3.8, 4) is 10.8 Å². The quantitative estimate of drug-likeness (QED) is 0.642. The highest BCUT2D eigenvalue weighted by Crippen LogP contribution is 2.30. The van der Waals surface area contributed by atoms with Gasteiger partial charge in [0, 0.05) is 44.1 Å². The molecule has 1 fully saturated rings. The van der Waals surface area contributed by atoms with E-state index in [9.17, 15) is 4.79 Å². The maximum Gasteiger partial charge on any atom is 0.410 e. The molecule has 3 aromatic rings. The van der Waals surface area contributed by atoms with Crippen molar-refractivity contribution < 1.29 is 13.9 Å². The van der Waals surface area contributed by atoms with Crippen molar-refractivity contribution in [3.05, 3.63) is 40.8 Å². The lowest BCUT2D eigenvalue weighted by Crippen LogP contribution is -2.39. The van der Waals surface area contributed by atoms with Crippen molar-refractivity contribution in [2.24, 2.45) is 5.73 Å². The molecular formula is C23H30N4O3S. The van der Waals surface area contributed by atoms with E-state index in [1.807, 2.05) is 43.9 Å². The first-order chi connectivity index (χ1) is 14.8. The van der Waals surface area contributed by atoms with Gasteiger partial charge in [0.05, 0.1) is 4.88 Å². The molecule has 2 N–H and O–H groups in total. The molecule has 1 aromatic carbocycles. The van der Waals surface area contributed by atoms with Gasteiger partial charge in [0.15, 0.2) is 5.58 Å². The van der Waals surface area contributed by atoms with Crippen molar-refractivity contribution in [1.82, 2.24) is 14.8 Å². The number of ether oxygens (including phenoxy) is 1. The summed E-state index contributed by atoms with van der Waals surface area (Å²) in [6.07, 6.45) is 0.703. The number of rotatable bonds is 4. The molecule has 0 unspecified atom stereocenters. The average Bonchev–Trinajstić information content (AvgIpc) is 3.28. The number of aromatic nitrogens is 1. The van der Waals surface area contributed by atoms with Gasteiger partial charge in [0.1, 0.15) is 11.1 Å². The first kappa shape index (κ1) is 21.8. The van der Waals surface area contributed by atoms with Gasteiger partial charge in [-0.3, -0.25) is 4.90 Å². The number of hydrogen-bond acceptors (Lipinski definition) is 7. The summed E-state index contributed by atoms with van der Waals surface area (Å²) in [5.41, 5.74) is 8.08. The third-order valence-electron chi connectivity index (χ3n) is 5.17. The lowest BCUT2D eigenvalue weighted by Gasteiger charge is -2.26. The Labute approximate surface area is 186 Å². The van der Waals surface area contributed by atoms with Crippen molar-refractivity contribution in [2.45, 2.75) is 45.9 Å². The van der Waals surface area contributed by atoms with Crippen LogP contribution in [-0.4, -0.2) is 52.7 Å². The van der Waals surface area contributed by atoms with E-state index in [2.05, 4.69) is 22.0 Å². The zero-order valence-electron chi connectivity index (χ0n) is 18.4. The molecule has 7 nitrogen and oxygen atoms in total. The molecule has 1 amide bonds. The van der Waals surface area contributed by atoms with E-state index in [4.69, 9.17) is 14.9 Å². The van der Waals surface area contributed by atoms with Gasteiger partial charge in [-0.15, -0.1) is 11.3 Å². The monoisotopic (exact) mass is 442 g/mol. The molecule has 31 heavy (non-hydrogen) atoms. The minimum absolute atomic E-state index is 0.225. The number of amides is 1. The maximum atomic E-state index is 12.4. The fourth-order valence-electron chi connectivity index (χ4n) is 3.68. The van der Waals surface area contributed by atoms with Crippen LogP contribution in [0.3, 0.4) is 0 Å². The second kappa shape index (κ2) is 8.98. The molecule has 1 saturated heterocycles.